The van der Waals surface area contributed by atoms with Crippen molar-refractivity contribution in [1.29, 1.82) is 0 Å². The molecule has 0 aliphatic heterocycles. The van der Waals surface area contributed by atoms with Gasteiger partial charge in [-0.05, 0) is 44.9 Å². The molecule has 3 heteroatoms. The summed E-state index contributed by atoms with van der Waals surface area (Å²) >= 11 is 0. The summed E-state index contributed by atoms with van der Waals surface area (Å²) in [7, 11) is 0. The summed E-state index contributed by atoms with van der Waals surface area (Å²) in [5.74, 6) is 0. The molecule has 3 nitrogen and oxygen atoms in total. The van der Waals surface area contributed by atoms with Crippen molar-refractivity contribution in [3.05, 3.63) is 46.6 Å². The van der Waals surface area contributed by atoms with Crippen LogP contribution in [0.25, 0.3) is 0 Å². The minimum Gasteiger partial charge on any atom is -0.265 e. The maximum atomic E-state index is 10.1. The SMILES string of the molecule is CCCCCC=CCC=CCCCC=CCCC[N+](=O)[O-]. The highest BCUT2D eigenvalue weighted by Gasteiger charge is 1.92. The zero-order valence-electron chi connectivity index (χ0n) is 13.5. The molecule has 0 saturated carbocycles. The Morgan fingerprint density at radius 2 is 1.29 bits per heavy atom. The lowest BCUT2D eigenvalue weighted by Gasteiger charge is -1.92. The molecule has 0 spiro atoms. The van der Waals surface area contributed by atoms with E-state index in [0.29, 0.717) is 6.42 Å². The van der Waals surface area contributed by atoms with Crippen molar-refractivity contribution in [2.24, 2.45) is 0 Å². The lowest BCUT2D eigenvalue weighted by Crippen LogP contribution is -1.98. The Morgan fingerprint density at radius 3 is 1.86 bits per heavy atom. The van der Waals surface area contributed by atoms with E-state index >= 15 is 0 Å². The number of nitro groups is 1. The molecule has 0 rings (SSSR count). The van der Waals surface area contributed by atoms with Gasteiger partial charge in [-0.15, -0.1) is 0 Å². The van der Waals surface area contributed by atoms with Gasteiger partial charge in [-0.3, -0.25) is 10.1 Å². The average Bonchev–Trinajstić information content (AvgIpc) is 2.46. The maximum Gasteiger partial charge on any atom is 0.204 e. The topological polar surface area (TPSA) is 43.1 Å². The van der Waals surface area contributed by atoms with Crippen LogP contribution < -0.4 is 0 Å². The van der Waals surface area contributed by atoms with Gasteiger partial charge in [0.15, 0.2) is 0 Å². The van der Waals surface area contributed by atoms with E-state index in [4.69, 9.17) is 0 Å². The fourth-order valence-electron chi connectivity index (χ4n) is 1.95. The molecule has 0 aromatic heterocycles. The molecule has 0 aliphatic rings. The quantitative estimate of drug-likeness (QED) is 0.174. The van der Waals surface area contributed by atoms with Crippen LogP contribution in [0.15, 0.2) is 36.5 Å². The van der Waals surface area contributed by atoms with Gasteiger partial charge in [-0.25, -0.2) is 0 Å². The Morgan fingerprint density at radius 1 is 0.762 bits per heavy atom. The number of hydrogen-bond acceptors (Lipinski definition) is 2. The molecule has 21 heavy (non-hydrogen) atoms. The van der Waals surface area contributed by atoms with Crippen molar-refractivity contribution >= 4 is 0 Å². The third-order valence-corrected chi connectivity index (χ3v) is 3.20. The first-order valence-corrected chi connectivity index (χ1v) is 8.34. The van der Waals surface area contributed by atoms with E-state index in [-0.39, 0.29) is 11.5 Å². The standard InChI is InChI=1S/C18H31NO2/c1-2-3-4-5-6-7-8-9-10-11-12-13-14-15-16-17-18-19(20)21/h6-7,9-10,14-15H,2-5,8,11-13,16-18H2,1H3. The van der Waals surface area contributed by atoms with E-state index in [1.165, 1.54) is 25.7 Å². The van der Waals surface area contributed by atoms with Gasteiger partial charge in [0.25, 0.3) is 0 Å². The molecule has 0 radical (unpaired) electrons. The number of hydrogen-bond donors (Lipinski definition) is 0. The van der Waals surface area contributed by atoms with E-state index < -0.39 is 0 Å². The summed E-state index contributed by atoms with van der Waals surface area (Å²) in [6, 6.07) is 0. The van der Waals surface area contributed by atoms with Crippen molar-refractivity contribution in [3.63, 3.8) is 0 Å². The third kappa shape index (κ3) is 18.6. The minimum atomic E-state index is -0.253. The van der Waals surface area contributed by atoms with Crippen molar-refractivity contribution in [2.45, 2.75) is 71.1 Å². The zero-order chi connectivity index (χ0) is 15.6. The lowest BCUT2D eigenvalue weighted by molar-refractivity contribution is -0.480. The molecule has 0 bridgehead atoms. The van der Waals surface area contributed by atoms with Crippen molar-refractivity contribution in [3.8, 4) is 0 Å². The van der Waals surface area contributed by atoms with Crippen LogP contribution in [0.4, 0.5) is 0 Å². The highest BCUT2D eigenvalue weighted by Crippen LogP contribution is 2.02. The number of unbranched alkanes of at least 4 members (excludes halogenated alkanes) is 6. The first-order valence-electron chi connectivity index (χ1n) is 8.34. The van der Waals surface area contributed by atoms with Crippen molar-refractivity contribution < 1.29 is 4.92 Å². The Hall–Kier alpha value is -1.38. The first-order chi connectivity index (χ1) is 10.3. The largest absolute Gasteiger partial charge is 0.265 e. The molecule has 0 N–H and O–H groups in total. The first kappa shape index (κ1) is 19.6. The second-order valence-corrected chi connectivity index (χ2v) is 5.28. The van der Waals surface area contributed by atoms with E-state index in [0.717, 1.165) is 32.1 Å². The number of allylic oxidation sites excluding steroid dienone is 6. The van der Waals surface area contributed by atoms with Gasteiger partial charge in [0.1, 0.15) is 0 Å². The van der Waals surface area contributed by atoms with Crippen LogP contribution in [-0.4, -0.2) is 11.5 Å². The van der Waals surface area contributed by atoms with Crippen molar-refractivity contribution in [1.82, 2.24) is 0 Å². The summed E-state index contributed by atoms with van der Waals surface area (Å²) in [5, 5.41) is 10.1. The van der Waals surface area contributed by atoms with Gasteiger partial charge >= 0.3 is 0 Å². The van der Waals surface area contributed by atoms with Gasteiger partial charge in [-0.2, -0.15) is 0 Å². The second-order valence-electron chi connectivity index (χ2n) is 5.28. The molecule has 120 valence electrons. The van der Waals surface area contributed by atoms with Crippen LogP contribution in [0.2, 0.25) is 0 Å². The number of rotatable bonds is 14. The van der Waals surface area contributed by atoms with Gasteiger partial charge in [0.05, 0.1) is 0 Å². The second kappa shape index (κ2) is 16.7. The van der Waals surface area contributed by atoms with Crippen LogP contribution in [0, 0.1) is 10.1 Å². The molecule has 0 saturated heterocycles. The minimum absolute atomic E-state index is 0.0824. The van der Waals surface area contributed by atoms with Gasteiger partial charge < -0.3 is 0 Å². The average molecular weight is 293 g/mol. The Bertz CT molecular complexity index is 319. The zero-order valence-corrected chi connectivity index (χ0v) is 13.5. The lowest BCUT2D eigenvalue weighted by atomic mass is 10.2. The number of nitrogens with zero attached hydrogens (tertiary/aromatic N) is 1. The molecule has 0 aromatic carbocycles. The normalized spacial score (nSPS) is 12.0. The fraction of sp³-hybridized carbons (Fsp3) is 0.667. The predicted octanol–water partition coefficient (Wildman–Crippen LogP) is 5.85. The molecule has 0 atom stereocenters. The summed E-state index contributed by atoms with van der Waals surface area (Å²) in [4.78, 5) is 9.86. The summed E-state index contributed by atoms with van der Waals surface area (Å²) < 4.78 is 0. The molecule has 0 aliphatic carbocycles. The van der Waals surface area contributed by atoms with Gasteiger partial charge in [-0.1, -0.05) is 56.2 Å². The third-order valence-electron chi connectivity index (χ3n) is 3.20. The Labute approximate surface area is 130 Å². The smallest absolute Gasteiger partial charge is 0.204 e. The molecule has 0 heterocycles. The Kier molecular flexibility index (Phi) is 15.6. The fourth-order valence-corrected chi connectivity index (χ4v) is 1.95. The molecule has 0 amide bonds. The van der Waals surface area contributed by atoms with Gasteiger partial charge in [0.2, 0.25) is 6.54 Å². The van der Waals surface area contributed by atoms with E-state index in [2.05, 4.69) is 43.4 Å². The van der Waals surface area contributed by atoms with E-state index in [1.54, 1.807) is 0 Å². The maximum absolute atomic E-state index is 10.1. The highest BCUT2D eigenvalue weighted by atomic mass is 16.6. The van der Waals surface area contributed by atoms with Crippen LogP contribution >= 0.6 is 0 Å². The molecular formula is C18H31NO2. The summed E-state index contributed by atoms with van der Waals surface area (Å²) in [5.41, 5.74) is 0. The molecule has 0 aromatic rings. The van der Waals surface area contributed by atoms with E-state index in [1.807, 2.05) is 0 Å². The summed E-state index contributed by atoms with van der Waals surface area (Å²) in [6.07, 6.45) is 24.2. The van der Waals surface area contributed by atoms with Crippen LogP contribution in [0.3, 0.4) is 0 Å². The van der Waals surface area contributed by atoms with Crippen molar-refractivity contribution in [2.75, 3.05) is 6.54 Å². The molecular weight excluding hydrogens is 262 g/mol. The van der Waals surface area contributed by atoms with Crippen LogP contribution in [0.5, 0.6) is 0 Å². The summed E-state index contributed by atoms with van der Waals surface area (Å²) in [6.45, 7) is 2.31. The monoisotopic (exact) mass is 293 g/mol. The van der Waals surface area contributed by atoms with Crippen LogP contribution in [-0.2, 0) is 0 Å². The molecule has 0 fully saturated rings. The predicted molar refractivity (Wildman–Crippen MR) is 91.1 cm³/mol. The van der Waals surface area contributed by atoms with Crippen LogP contribution in [0.1, 0.15) is 71.1 Å². The highest BCUT2D eigenvalue weighted by molar-refractivity contribution is 4.93. The van der Waals surface area contributed by atoms with Gasteiger partial charge in [0, 0.05) is 11.3 Å². The van der Waals surface area contributed by atoms with E-state index in [9.17, 15) is 10.1 Å². The molecule has 0 unspecified atom stereocenters. The Balaban J connectivity index is 3.28.